The lowest BCUT2D eigenvalue weighted by Gasteiger charge is -2.16. The second kappa shape index (κ2) is 5.66. The molecule has 1 atom stereocenters. The fraction of sp³-hybridized carbons (Fsp3) is 0.294. The minimum absolute atomic E-state index is 0.254. The topological polar surface area (TPSA) is 42.7 Å². The standard InChI is InChI=1S/C17H20N4/c1-12-15(11-21(3)20-12)17(18-2)10-13-8-9-19-16-7-5-4-6-14(13)16/h4-9,11,17-18H,10H2,1-3H3. The molecule has 1 unspecified atom stereocenters. The van der Waals surface area contributed by atoms with Gasteiger partial charge in [-0.3, -0.25) is 9.67 Å². The maximum absolute atomic E-state index is 4.45. The van der Waals surface area contributed by atoms with Crippen molar-refractivity contribution in [1.29, 1.82) is 0 Å². The maximum Gasteiger partial charge on any atom is 0.0704 e. The first kappa shape index (κ1) is 13.8. The number of fused-ring (bicyclic) bond motifs is 1. The van der Waals surface area contributed by atoms with Crippen LogP contribution < -0.4 is 5.32 Å². The predicted octanol–water partition coefficient (Wildman–Crippen LogP) is 2.78. The Morgan fingerprint density at radius 1 is 1.24 bits per heavy atom. The van der Waals surface area contributed by atoms with Crippen LogP contribution in [0.25, 0.3) is 10.9 Å². The number of aromatic nitrogens is 3. The van der Waals surface area contributed by atoms with E-state index in [4.69, 9.17) is 0 Å². The first-order chi connectivity index (χ1) is 10.2. The lowest BCUT2D eigenvalue weighted by atomic mass is 9.97. The van der Waals surface area contributed by atoms with Gasteiger partial charge in [-0.05, 0) is 38.1 Å². The molecule has 21 heavy (non-hydrogen) atoms. The van der Waals surface area contributed by atoms with Gasteiger partial charge < -0.3 is 5.32 Å². The first-order valence-electron chi connectivity index (χ1n) is 7.19. The van der Waals surface area contributed by atoms with Crippen LogP contribution in [0.5, 0.6) is 0 Å². The summed E-state index contributed by atoms with van der Waals surface area (Å²) in [7, 11) is 3.96. The molecule has 0 spiro atoms. The summed E-state index contributed by atoms with van der Waals surface area (Å²) in [5.74, 6) is 0. The molecule has 1 N–H and O–H groups in total. The first-order valence-corrected chi connectivity index (χ1v) is 7.19. The van der Waals surface area contributed by atoms with Gasteiger partial charge in [-0.15, -0.1) is 0 Å². The maximum atomic E-state index is 4.45. The van der Waals surface area contributed by atoms with Gasteiger partial charge in [0.15, 0.2) is 0 Å². The Morgan fingerprint density at radius 3 is 2.76 bits per heavy atom. The zero-order chi connectivity index (χ0) is 14.8. The van der Waals surface area contributed by atoms with Gasteiger partial charge >= 0.3 is 0 Å². The molecule has 0 aliphatic heterocycles. The quantitative estimate of drug-likeness (QED) is 0.799. The van der Waals surface area contributed by atoms with Gasteiger partial charge in [-0.25, -0.2) is 0 Å². The Bertz CT molecular complexity index is 755. The van der Waals surface area contributed by atoms with Crippen molar-refractivity contribution in [3.8, 4) is 0 Å². The van der Waals surface area contributed by atoms with Crippen LogP contribution in [0.3, 0.4) is 0 Å². The molecule has 2 heterocycles. The SMILES string of the molecule is CNC(Cc1ccnc2ccccc12)c1cn(C)nc1C. The zero-order valence-corrected chi connectivity index (χ0v) is 12.7. The largest absolute Gasteiger partial charge is 0.313 e. The van der Waals surface area contributed by atoms with Crippen molar-refractivity contribution in [1.82, 2.24) is 20.1 Å². The third-order valence-electron chi connectivity index (χ3n) is 3.94. The monoisotopic (exact) mass is 280 g/mol. The van der Waals surface area contributed by atoms with E-state index < -0.39 is 0 Å². The number of hydrogen-bond donors (Lipinski definition) is 1. The van der Waals surface area contributed by atoms with Crippen molar-refractivity contribution in [2.24, 2.45) is 7.05 Å². The Balaban J connectivity index is 1.98. The summed E-state index contributed by atoms with van der Waals surface area (Å²) < 4.78 is 1.87. The molecule has 3 rings (SSSR count). The van der Waals surface area contributed by atoms with Crippen LogP contribution in [0.2, 0.25) is 0 Å². The molecule has 0 aliphatic carbocycles. The van der Waals surface area contributed by atoms with Crippen molar-refractivity contribution in [2.45, 2.75) is 19.4 Å². The van der Waals surface area contributed by atoms with Crippen LogP contribution in [0.4, 0.5) is 0 Å². The van der Waals surface area contributed by atoms with Crippen LogP contribution >= 0.6 is 0 Å². The smallest absolute Gasteiger partial charge is 0.0704 e. The molecule has 108 valence electrons. The molecule has 0 saturated carbocycles. The highest BCUT2D eigenvalue weighted by atomic mass is 15.3. The van der Waals surface area contributed by atoms with Gasteiger partial charge in [0.1, 0.15) is 0 Å². The number of nitrogens with zero attached hydrogens (tertiary/aromatic N) is 3. The van der Waals surface area contributed by atoms with E-state index in [1.54, 1.807) is 0 Å². The summed E-state index contributed by atoms with van der Waals surface area (Å²) in [6.45, 7) is 2.06. The van der Waals surface area contributed by atoms with E-state index in [0.29, 0.717) is 0 Å². The van der Waals surface area contributed by atoms with Crippen LogP contribution in [0.15, 0.2) is 42.7 Å². The van der Waals surface area contributed by atoms with E-state index in [2.05, 4.69) is 52.8 Å². The fourth-order valence-corrected chi connectivity index (χ4v) is 2.88. The van der Waals surface area contributed by atoms with E-state index in [9.17, 15) is 0 Å². The molecule has 3 aromatic rings. The van der Waals surface area contributed by atoms with E-state index >= 15 is 0 Å². The average molecular weight is 280 g/mol. The van der Waals surface area contributed by atoms with E-state index in [1.165, 1.54) is 16.5 Å². The van der Waals surface area contributed by atoms with E-state index in [0.717, 1.165) is 17.6 Å². The van der Waals surface area contributed by atoms with Gasteiger partial charge in [0.05, 0.1) is 11.2 Å². The normalized spacial score (nSPS) is 12.7. The summed E-state index contributed by atoms with van der Waals surface area (Å²) >= 11 is 0. The molecule has 1 aromatic carbocycles. The summed E-state index contributed by atoms with van der Waals surface area (Å²) in [6.07, 6.45) is 4.91. The lowest BCUT2D eigenvalue weighted by molar-refractivity contribution is 0.590. The van der Waals surface area contributed by atoms with Crippen LogP contribution in [0, 0.1) is 6.92 Å². The summed E-state index contributed by atoms with van der Waals surface area (Å²) in [4.78, 5) is 4.43. The van der Waals surface area contributed by atoms with E-state index in [1.807, 2.05) is 31.0 Å². The Hall–Kier alpha value is -2.20. The van der Waals surface area contributed by atoms with Crippen molar-refractivity contribution >= 4 is 10.9 Å². The third-order valence-corrected chi connectivity index (χ3v) is 3.94. The van der Waals surface area contributed by atoms with Crippen molar-refractivity contribution in [3.05, 3.63) is 59.5 Å². The number of pyridine rings is 1. The molecule has 4 heteroatoms. The van der Waals surface area contributed by atoms with Crippen LogP contribution in [-0.2, 0) is 13.5 Å². The Kier molecular flexibility index (Phi) is 3.71. The predicted molar refractivity (Wildman–Crippen MR) is 85.2 cm³/mol. The highest BCUT2D eigenvalue weighted by molar-refractivity contribution is 5.81. The highest BCUT2D eigenvalue weighted by Gasteiger charge is 2.16. The molecule has 0 saturated heterocycles. The van der Waals surface area contributed by atoms with Crippen LogP contribution in [-0.4, -0.2) is 21.8 Å². The highest BCUT2D eigenvalue weighted by Crippen LogP contribution is 2.24. The summed E-state index contributed by atoms with van der Waals surface area (Å²) in [6, 6.07) is 10.7. The number of hydrogen-bond acceptors (Lipinski definition) is 3. The minimum Gasteiger partial charge on any atom is -0.313 e. The number of nitrogens with one attached hydrogen (secondary N) is 1. The number of rotatable bonds is 4. The van der Waals surface area contributed by atoms with Crippen LogP contribution in [0.1, 0.15) is 22.9 Å². The second-order valence-electron chi connectivity index (χ2n) is 5.38. The minimum atomic E-state index is 0.254. The van der Waals surface area contributed by atoms with Gasteiger partial charge in [0.2, 0.25) is 0 Å². The van der Waals surface area contributed by atoms with Crippen molar-refractivity contribution < 1.29 is 0 Å². The molecule has 0 aliphatic rings. The molecule has 0 fully saturated rings. The van der Waals surface area contributed by atoms with Gasteiger partial charge in [-0.1, -0.05) is 18.2 Å². The fourth-order valence-electron chi connectivity index (χ4n) is 2.88. The van der Waals surface area contributed by atoms with Crippen molar-refractivity contribution in [2.75, 3.05) is 7.05 Å². The number of likely N-dealkylation sites (N-methyl/N-ethyl adjacent to an activating group) is 1. The van der Waals surface area contributed by atoms with Gasteiger partial charge in [0, 0.05) is 36.4 Å². The third kappa shape index (κ3) is 2.67. The molecule has 2 aromatic heterocycles. The average Bonchev–Trinajstić information content (AvgIpc) is 2.83. The summed E-state index contributed by atoms with van der Waals surface area (Å²) in [5.41, 5.74) is 4.69. The lowest BCUT2D eigenvalue weighted by Crippen LogP contribution is -2.19. The molecule has 0 radical (unpaired) electrons. The van der Waals surface area contributed by atoms with Crippen molar-refractivity contribution in [3.63, 3.8) is 0 Å². The number of benzene rings is 1. The Morgan fingerprint density at radius 2 is 2.05 bits per heavy atom. The second-order valence-corrected chi connectivity index (χ2v) is 5.38. The molecular formula is C17H20N4. The molecule has 4 nitrogen and oxygen atoms in total. The van der Waals surface area contributed by atoms with E-state index in [-0.39, 0.29) is 6.04 Å². The van der Waals surface area contributed by atoms with Gasteiger partial charge in [-0.2, -0.15) is 5.10 Å². The Labute approximate surface area is 124 Å². The van der Waals surface area contributed by atoms with Gasteiger partial charge in [0.25, 0.3) is 0 Å². The molecule has 0 bridgehead atoms. The zero-order valence-electron chi connectivity index (χ0n) is 12.7. The number of aryl methyl sites for hydroxylation is 2. The molecule has 0 amide bonds. The molecular weight excluding hydrogens is 260 g/mol. The summed E-state index contributed by atoms with van der Waals surface area (Å²) in [5, 5.41) is 9.08. The number of para-hydroxylation sites is 1.